The molecule has 0 bridgehead atoms. The standard InChI is InChI=1S/C14H9N3O3S/c18-13-11-6-1-2-7-12(11)21-14(13)16-15-9-4-3-5-10(8-9)17(19)20/h1-8,18H. The first-order chi connectivity index (χ1) is 10.1. The van der Waals surface area contributed by atoms with Crippen LogP contribution in [0.15, 0.2) is 58.8 Å². The minimum atomic E-state index is -0.490. The predicted octanol–water partition coefficient (Wildman–Crippen LogP) is 4.93. The van der Waals surface area contributed by atoms with Crippen molar-refractivity contribution >= 4 is 37.8 Å². The molecule has 1 heterocycles. The molecule has 0 spiro atoms. The second kappa shape index (κ2) is 5.29. The van der Waals surface area contributed by atoms with E-state index in [0.29, 0.717) is 10.7 Å². The lowest BCUT2D eigenvalue weighted by Crippen LogP contribution is -1.85. The summed E-state index contributed by atoms with van der Waals surface area (Å²) in [6.07, 6.45) is 0. The molecule has 0 saturated carbocycles. The molecule has 0 aliphatic heterocycles. The quantitative estimate of drug-likeness (QED) is 0.422. The largest absolute Gasteiger partial charge is 0.504 e. The zero-order valence-corrected chi connectivity index (χ0v) is 11.4. The molecule has 0 saturated heterocycles. The smallest absolute Gasteiger partial charge is 0.271 e. The molecular weight excluding hydrogens is 290 g/mol. The molecule has 1 aromatic heterocycles. The van der Waals surface area contributed by atoms with Gasteiger partial charge >= 0.3 is 0 Å². The highest BCUT2D eigenvalue weighted by Gasteiger charge is 2.10. The molecule has 7 heteroatoms. The van der Waals surface area contributed by atoms with Gasteiger partial charge in [-0.15, -0.1) is 21.6 Å². The molecule has 104 valence electrons. The van der Waals surface area contributed by atoms with Crippen molar-refractivity contribution < 1.29 is 10.0 Å². The van der Waals surface area contributed by atoms with Crippen molar-refractivity contribution in [2.24, 2.45) is 10.2 Å². The van der Waals surface area contributed by atoms with Gasteiger partial charge in [0, 0.05) is 22.2 Å². The zero-order valence-electron chi connectivity index (χ0n) is 10.6. The van der Waals surface area contributed by atoms with Crippen molar-refractivity contribution in [1.29, 1.82) is 0 Å². The Balaban J connectivity index is 1.96. The van der Waals surface area contributed by atoms with Crippen molar-refractivity contribution in [3.05, 3.63) is 58.6 Å². The Bertz CT molecular complexity index is 858. The monoisotopic (exact) mass is 299 g/mol. The molecule has 2 aromatic carbocycles. The van der Waals surface area contributed by atoms with Crippen molar-refractivity contribution in [2.45, 2.75) is 0 Å². The summed E-state index contributed by atoms with van der Waals surface area (Å²) in [6.45, 7) is 0. The summed E-state index contributed by atoms with van der Waals surface area (Å²) in [4.78, 5) is 10.2. The maximum atomic E-state index is 10.7. The first kappa shape index (κ1) is 13.2. The van der Waals surface area contributed by atoms with E-state index in [1.807, 2.05) is 18.2 Å². The van der Waals surface area contributed by atoms with Crippen LogP contribution in [-0.2, 0) is 0 Å². The van der Waals surface area contributed by atoms with Crippen LogP contribution in [-0.4, -0.2) is 10.0 Å². The number of non-ortho nitro benzene ring substituents is 1. The van der Waals surface area contributed by atoms with E-state index in [1.165, 1.54) is 29.5 Å². The highest BCUT2D eigenvalue weighted by atomic mass is 32.1. The average Bonchev–Trinajstić information content (AvgIpc) is 2.82. The minimum absolute atomic E-state index is 0.0491. The zero-order chi connectivity index (χ0) is 14.8. The number of thiophene rings is 1. The first-order valence-corrected chi connectivity index (χ1v) is 6.83. The highest BCUT2D eigenvalue weighted by Crippen LogP contribution is 2.43. The van der Waals surface area contributed by atoms with Crippen LogP contribution in [0, 0.1) is 10.1 Å². The molecule has 0 fully saturated rings. The van der Waals surface area contributed by atoms with Crippen LogP contribution in [0.2, 0.25) is 0 Å². The fraction of sp³-hybridized carbons (Fsp3) is 0. The molecule has 0 radical (unpaired) electrons. The first-order valence-electron chi connectivity index (χ1n) is 6.02. The van der Waals surface area contributed by atoms with Gasteiger partial charge in [-0.25, -0.2) is 0 Å². The topological polar surface area (TPSA) is 88.1 Å². The van der Waals surface area contributed by atoms with Gasteiger partial charge < -0.3 is 5.11 Å². The van der Waals surface area contributed by atoms with Gasteiger partial charge in [-0.1, -0.05) is 18.2 Å². The van der Waals surface area contributed by atoms with Crippen LogP contribution < -0.4 is 0 Å². The minimum Gasteiger partial charge on any atom is -0.504 e. The lowest BCUT2D eigenvalue weighted by molar-refractivity contribution is -0.384. The summed E-state index contributed by atoms with van der Waals surface area (Å²) < 4.78 is 0.906. The summed E-state index contributed by atoms with van der Waals surface area (Å²) in [7, 11) is 0. The van der Waals surface area contributed by atoms with Crippen molar-refractivity contribution in [1.82, 2.24) is 0 Å². The fourth-order valence-electron chi connectivity index (χ4n) is 1.86. The number of fused-ring (bicyclic) bond motifs is 1. The molecule has 3 rings (SSSR count). The second-order valence-corrected chi connectivity index (χ2v) is 5.26. The van der Waals surface area contributed by atoms with Crippen LogP contribution in [0.25, 0.3) is 10.1 Å². The second-order valence-electron chi connectivity index (χ2n) is 4.23. The van der Waals surface area contributed by atoms with E-state index in [4.69, 9.17) is 0 Å². The van der Waals surface area contributed by atoms with Gasteiger partial charge in [-0.3, -0.25) is 10.1 Å². The van der Waals surface area contributed by atoms with Gasteiger partial charge in [-0.2, -0.15) is 0 Å². The molecule has 0 aliphatic rings. The Morgan fingerprint density at radius 1 is 1.10 bits per heavy atom. The molecule has 0 unspecified atom stereocenters. The van der Waals surface area contributed by atoms with Crippen molar-refractivity contribution in [2.75, 3.05) is 0 Å². The number of nitro benzene ring substituents is 1. The SMILES string of the molecule is O=[N+]([O-])c1cccc(N=Nc2sc3ccccc3c2O)c1. The molecule has 6 nitrogen and oxygen atoms in total. The predicted molar refractivity (Wildman–Crippen MR) is 80.8 cm³/mol. The molecule has 0 amide bonds. The van der Waals surface area contributed by atoms with Gasteiger partial charge in [0.2, 0.25) is 0 Å². The lowest BCUT2D eigenvalue weighted by atomic mass is 10.2. The van der Waals surface area contributed by atoms with Gasteiger partial charge in [0.1, 0.15) is 0 Å². The molecule has 21 heavy (non-hydrogen) atoms. The van der Waals surface area contributed by atoms with Crippen LogP contribution in [0.5, 0.6) is 5.75 Å². The highest BCUT2D eigenvalue weighted by molar-refractivity contribution is 7.23. The van der Waals surface area contributed by atoms with Gasteiger partial charge in [-0.05, 0) is 18.2 Å². The third kappa shape index (κ3) is 2.59. The lowest BCUT2D eigenvalue weighted by Gasteiger charge is -1.93. The van der Waals surface area contributed by atoms with Crippen LogP contribution in [0.3, 0.4) is 0 Å². The van der Waals surface area contributed by atoms with E-state index in [0.717, 1.165) is 10.1 Å². The number of hydrogen-bond acceptors (Lipinski definition) is 6. The number of azo groups is 1. The van der Waals surface area contributed by atoms with Gasteiger partial charge in [0.05, 0.1) is 10.6 Å². The van der Waals surface area contributed by atoms with Crippen molar-refractivity contribution in [3.63, 3.8) is 0 Å². The molecule has 1 N–H and O–H groups in total. The fourth-order valence-corrected chi connectivity index (χ4v) is 2.78. The number of nitro groups is 1. The summed E-state index contributed by atoms with van der Waals surface area (Å²) in [5, 5.41) is 29.8. The molecule has 3 aromatic rings. The Hall–Kier alpha value is -2.80. The number of aromatic hydroxyl groups is 1. The summed E-state index contributed by atoms with van der Waals surface area (Å²) in [5.41, 5.74) is 0.313. The summed E-state index contributed by atoms with van der Waals surface area (Å²) in [5.74, 6) is 0.0739. The normalized spacial score (nSPS) is 11.2. The van der Waals surface area contributed by atoms with E-state index in [-0.39, 0.29) is 11.4 Å². The Kier molecular flexibility index (Phi) is 3.33. The van der Waals surface area contributed by atoms with E-state index >= 15 is 0 Å². The van der Waals surface area contributed by atoms with E-state index in [9.17, 15) is 15.2 Å². The third-order valence-corrected chi connectivity index (χ3v) is 3.89. The van der Waals surface area contributed by atoms with Crippen molar-refractivity contribution in [3.8, 4) is 5.75 Å². The Morgan fingerprint density at radius 3 is 2.67 bits per heavy atom. The number of hydrogen-bond donors (Lipinski definition) is 1. The third-order valence-electron chi connectivity index (χ3n) is 2.85. The Morgan fingerprint density at radius 2 is 1.90 bits per heavy atom. The Labute approximate surface area is 123 Å². The van der Waals surface area contributed by atoms with E-state index in [1.54, 1.807) is 12.1 Å². The number of benzene rings is 2. The van der Waals surface area contributed by atoms with Crippen LogP contribution in [0.4, 0.5) is 16.4 Å². The van der Waals surface area contributed by atoms with E-state index in [2.05, 4.69) is 10.2 Å². The molecule has 0 atom stereocenters. The average molecular weight is 299 g/mol. The van der Waals surface area contributed by atoms with Crippen LogP contribution >= 0.6 is 11.3 Å². The van der Waals surface area contributed by atoms with E-state index < -0.39 is 4.92 Å². The maximum Gasteiger partial charge on any atom is 0.271 e. The molecular formula is C14H9N3O3S. The number of rotatable bonds is 3. The molecule has 0 aliphatic carbocycles. The van der Waals surface area contributed by atoms with Crippen LogP contribution in [0.1, 0.15) is 0 Å². The summed E-state index contributed by atoms with van der Waals surface area (Å²) >= 11 is 1.31. The van der Waals surface area contributed by atoms with Gasteiger partial charge in [0.15, 0.2) is 10.8 Å². The maximum absolute atomic E-state index is 10.7. The number of nitrogens with zero attached hydrogens (tertiary/aromatic N) is 3. The van der Waals surface area contributed by atoms with Gasteiger partial charge in [0.25, 0.3) is 5.69 Å². The summed E-state index contributed by atoms with van der Waals surface area (Å²) in [6, 6.07) is 13.2.